The highest BCUT2D eigenvalue weighted by atomic mass is 16.3. The fourth-order valence-electron chi connectivity index (χ4n) is 6.81. The second-order valence-electron chi connectivity index (χ2n) is 8.71. The van der Waals surface area contributed by atoms with Crippen molar-refractivity contribution in [2.45, 2.75) is 71.3 Å². The normalized spacial score (nSPS) is 57.9. The van der Waals surface area contributed by atoms with Crippen molar-refractivity contribution in [1.82, 2.24) is 0 Å². The van der Waals surface area contributed by atoms with Crippen molar-refractivity contribution < 1.29 is 5.11 Å². The third-order valence-electron chi connectivity index (χ3n) is 8.16. The molecule has 3 saturated carbocycles. The maximum absolute atomic E-state index is 10.5. The zero-order valence-corrected chi connectivity index (χ0v) is 13.1. The van der Waals surface area contributed by atoms with Gasteiger partial charge in [0.25, 0.3) is 0 Å². The molecule has 0 heterocycles. The second-order valence-corrected chi connectivity index (χ2v) is 8.71. The van der Waals surface area contributed by atoms with E-state index in [9.17, 15) is 5.11 Å². The monoisotopic (exact) mass is 274 g/mol. The zero-order valence-electron chi connectivity index (χ0n) is 13.1. The number of aliphatic hydroxyl groups is 1. The van der Waals surface area contributed by atoms with Crippen LogP contribution >= 0.6 is 0 Å². The Hall–Kier alpha value is -0.300. The molecule has 20 heavy (non-hydrogen) atoms. The van der Waals surface area contributed by atoms with Crippen molar-refractivity contribution in [3.8, 4) is 0 Å². The summed E-state index contributed by atoms with van der Waals surface area (Å²) in [7, 11) is 0. The number of hydrogen-bond acceptors (Lipinski definition) is 1. The van der Waals surface area contributed by atoms with Gasteiger partial charge in [-0.05, 0) is 85.9 Å². The Morgan fingerprint density at radius 2 is 1.70 bits per heavy atom. The predicted octanol–water partition coefficient (Wildman–Crippen LogP) is 4.56. The van der Waals surface area contributed by atoms with Gasteiger partial charge in [0.2, 0.25) is 0 Å². The summed E-state index contributed by atoms with van der Waals surface area (Å²) in [6.07, 6.45) is 15.4. The summed E-state index contributed by atoms with van der Waals surface area (Å²) < 4.78 is 0. The molecular weight excluding hydrogens is 244 g/mol. The molecule has 1 nitrogen and oxygen atoms in total. The van der Waals surface area contributed by atoms with Gasteiger partial charge in [0.15, 0.2) is 0 Å². The lowest BCUT2D eigenvalue weighted by Crippen LogP contribution is -2.52. The fourth-order valence-corrected chi connectivity index (χ4v) is 6.81. The van der Waals surface area contributed by atoms with Crippen molar-refractivity contribution in [2.24, 2.45) is 34.5 Å². The van der Waals surface area contributed by atoms with Gasteiger partial charge in [-0.25, -0.2) is 0 Å². The lowest BCUT2D eigenvalue weighted by atomic mass is 9.46. The molecule has 0 unspecified atom stereocenters. The van der Waals surface area contributed by atoms with Gasteiger partial charge in [0.05, 0.1) is 6.10 Å². The molecule has 4 aliphatic rings. The van der Waals surface area contributed by atoms with E-state index in [0.717, 1.165) is 30.1 Å². The first-order chi connectivity index (χ1) is 9.56. The molecule has 0 aliphatic heterocycles. The molecule has 4 rings (SSSR count). The van der Waals surface area contributed by atoms with E-state index in [-0.39, 0.29) is 11.5 Å². The van der Waals surface area contributed by atoms with Gasteiger partial charge in [-0.2, -0.15) is 0 Å². The van der Waals surface area contributed by atoms with Crippen LogP contribution in [0.25, 0.3) is 0 Å². The fraction of sp³-hybridized carbons (Fsp3) is 0.895. The van der Waals surface area contributed by atoms with E-state index in [4.69, 9.17) is 0 Å². The second kappa shape index (κ2) is 4.35. The smallest absolute Gasteiger partial charge is 0.0596 e. The number of rotatable bonds is 0. The van der Waals surface area contributed by atoms with Crippen LogP contribution in [0, 0.1) is 34.5 Å². The van der Waals surface area contributed by atoms with Gasteiger partial charge in [-0.15, -0.1) is 0 Å². The van der Waals surface area contributed by atoms with Crippen LogP contribution in [0.3, 0.4) is 0 Å². The summed E-state index contributed by atoms with van der Waals surface area (Å²) in [6, 6.07) is 0. The van der Waals surface area contributed by atoms with E-state index in [1.54, 1.807) is 0 Å². The maximum Gasteiger partial charge on any atom is 0.0596 e. The summed E-state index contributed by atoms with van der Waals surface area (Å²) in [4.78, 5) is 0. The molecule has 0 aromatic rings. The van der Waals surface area contributed by atoms with Crippen molar-refractivity contribution >= 4 is 0 Å². The highest BCUT2D eigenvalue weighted by Gasteiger charge is 2.59. The van der Waals surface area contributed by atoms with Gasteiger partial charge >= 0.3 is 0 Å². The van der Waals surface area contributed by atoms with Crippen LogP contribution in [0.5, 0.6) is 0 Å². The number of hydrogen-bond donors (Lipinski definition) is 1. The molecule has 0 aromatic heterocycles. The summed E-state index contributed by atoms with van der Waals surface area (Å²) in [6.45, 7) is 4.98. The molecule has 0 aromatic carbocycles. The largest absolute Gasteiger partial charge is 0.393 e. The first-order valence-electron chi connectivity index (χ1n) is 8.89. The first kappa shape index (κ1) is 13.4. The standard InChI is InChI=1S/C19H30O/c1-18-11-4-3-5-13(18)6-7-14-15-8-9-17(20)19(15,2)12-10-16(14)18/h3-4,13-17,20H,5-12H2,1-2H3/t13-,14-,15-,16-,17+,18-,19-/m0/s1. The minimum absolute atomic E-state index is 0.0229. The minimum atomic E-state index is -0.0229. The summed E-state index contributed by atoms with van der Waals surface area (Å²) >= 11 is 0. The Bertz CT molecular complexity index is 427. The molecule has 0 radical (unpaired) electrons. The van der Waals surface area contributed by atoms with Crippen LogP contribution in [-0.2, 0) is 0 Å². The van der Waals surface area contributed by atoms with E-state index < -0.39 is 0 Å². The molecule has 7 atom stereocenters. The van der Waals surface area contributed by atoms with Crippen LogP contribution in [0.4, 0.5) is 0 Å². The molecule has 0 spiro atoms. The topological polar surface area (TPSA) is 20.2 Å². The number of fused-ring (bicyclic) bond motifs is 5. The first-order valence-corrected chi connectivity index (χ1v) is 8.89. The van der Waals surface area contributed by atoms with Crippen LogP contribution in [0.15, 0.2) is 12.2 Å². The molecular formula is C19H30O. The van der Waals surface area contributed by atoms with Gasteiger partial charge in [-0.1, -0.05) is 26.0 Å². The molecule has 1 heteroatoms. The third kappa shape index (κ3) is 1.59. The van der Waals surface area contributed by atoms with E-state index in [2.05, 4.69) is 26.0 Å². The van der Waals surface area contributed by atoms with E-state index in [0.29, 0.717) is 5.41 Å². The van der Waals surface area contributed by atoms with Crippen molar-refractivity contribution in [2.75, 3.05) is 0 Å². The maximum atomic E-state index is 10.5. The van der Waals surface area contributed by atoms with Crippen LogP contribution in [0.1, 0.15) is 65.2 Å². The van der Waals surface area contributed by atoms with Crippen LogP contribution in [0.2, 0.25) is 0 Å². The van der Waals surface area contributed by atoms with Crippen LogP contribution < -0.4 is 0 Å². The molecule has 0 bridgehead atoms. The SMILES string of the molecule is C[C@]12CC=CC[C@H]1CC[C@@H]1[C@@H]2CC[C@]2(C)[C@H](O)CC[C@@H]12. The Balaban J connectivity index is 1.66. The third-order valence-corrected chi connectivity index (χ3v) is 8.16. The van der Waals surface area contributed by atoms with Gasteiger partial charge in [0.1, 0.15) is 0 Å². The predicted molar refractivity (Wildman–Crippen MR) is 82.3 cm³/mol. The Labute approximate surface area is 123 Å². The average molecular weight is 274 g/mol. The molecule has 0 saturated heterocycles. The van der Waals surface area contributed by atoms with Gasteiger partial charge in [-0.3, -0.25) is 0 Å². The quantitative estimate of drug-likeness (QED) is 0.642. The van der Waals surface area contributed by atoms with Crippen molar-refractivity contribution in [1.29, 1.82) is 0 Å². The Kier molecular flexibility index (Phi) is 2.91. The average Bonchev–Trinajstić information content (AvgIpc) is 2.74. The Morgan fingerprint density at radius 1 is 0.900 bits per heavy atom. The number of aliphatic hydroxyl groups excluding tert-OH is 1. The molecule has 0 amide bonds. The van der Waals surface area contributed by atoms with E-state index in [1.807, 2.05) is 0 Å². The van der Waals surface area contributed by atoms with Crippen molar-refractivity contribution in [3.05, 3.63) is 12.2 Å². The van der Waals surface area contributed by atoms with E-state index >= 15 is 0 Å². The molecule has 1 N–H and O–H groups in total. The Morgan fingerprint density at radius 3 is 2.55 bits per heavy atom. The minimum Gasteiger partial charge on any atom is -0.393 e. The molecule has 3 fully saturated rings. The lowest BCUT2D eigenvalue weighted by molar-refractivity contribution is -0.108. The summed E-state index contributed by atoms with van der Waals surface area (Å²) in [5.74, 6) is 3.57. The van der Waals surface area contributed by atoms with Gasteiger partial charge < -0.3 is 5.11 Å². The van der Waals surface area contributed by atoms with Gasteiger partial charge in [0, 0.05) is 0 Å². The summed E-state index contributed by atoms with van der Waals surface area (Å²) in [5.41, 5.74) is 0.807. The molecule has 112 valence electrons. The highest BCUT2D eigenvalue weighted by molar-refractivity contribution is 5.12. The highest BCUT2D eigenvalue weighted by Crippen LogP contribution is 2.65. The van der Waals surface area contributed by atoms with Crippen LogP contribution in [-0.4, -0.2) is 11.2 Å². The summed E-state index contributed by atoms with van der Waals surface area (Å²) in [5, 5.41) is 10.5. The number of allylic oxidation sites excluding steroid dienone is 2. The molecule has 4 aliphatic carbocycles. The lowest BCUT2D eigenvalue weighted by Gasteiger charge is -2.59. The van der Waals surface area contributed by atoms with E-state index in [1.165, 1.54) is 44.9 Å². The zero-order chi connectivity index (χ0) is 14.0. The van der Waals surface area contributed by atoms with Crippen molar-refractivity contribution in [3.63, 3.8) is 0 Å².